The van der Waals surface area contributed by atoms with Crippen LogP contribution in [0.4, 0.5) is 0 Å². The van der Waals surface area contributed by atoms with Gasteiger partial charge in [-0.25, -0.2) is 18.1 Å². The second-order valence-corrected chi connectivity index (χ2v) is 5.80. The standard InChI is InChI=1S/C9H12N4O2S/c1-6(2)13-8-7(5-11-13)4-10-9(12-8)16(3,14)15/h4-6H,1-3H3. The van der Waals surface area contributed by atoms with Gasteiger partial charge in [0.1, 0.15) is 0 Å². The molecule has 0 spiro atoms. The molecule has 0 aliphatic heterocycles. The van der Waals surface area contributed by atoms with E-state index in [2.05, 4.69) is 15.1 Å². The summed E-state index contributed by atoms with van der Waals surface area (Å²) in [6.07, 6.45) is 4.19. The lowest BCUT2D eigenvalue weighted by molar-refractivity contribution is 0.543. The van der Waals surface area contributed by atoms with E-state index in [0.717, 1.165) is 11.6 Å². The summed E-state index contributed by atoms with van der Waals surface area (Å²) in [6, 6.07) is 0.125. The normalized spacial score (nSPS) is 12.5. The van der Waals surface area contributed by atoms with Gasteiger partial charge in [0, 0.05) is 18.5 Å². The van der Waals surface area contributed by atoms with Gasteiger partial charge in [-0.2, -0.15) is 10.1 Å². The van der Waals surface area contributed by atoms with Crippen LogP contribution in [-0.4, -0.2) is 34.4 Å². The maximum absolute atomic E-state index is 11.3. The number of aromatic nitrogens is 4. The highest BCUT2D eigenvalue weighted by atomic mass is 32.2. The molecule has 0 radical (unpaired) electrons. The van der Waals surface area contributed by atoms with Crippen molar-refractivity contribution >= 4 is 20.9 Å². The third kappa shape index (κ3) is 1.78. The molecule has 0 saturated carbocycles. The van der Waals surface area contributed by atoms with Gasteiger partial charge in [-0.1, -0.05) is 0 Å². The summed E-state index contributed by atoms with van der Waals surface area (Å²) in [5.74, 6) is 0. The lowest BCUT2D eigenvalue weighted by Gasteiger charge is -2.06. The van der Waals surface area contributed by atoms with E-state index >= 15 is 0 Å². The average Bonchev–Trinajstić information content (AvgIpc) is 2.58. The van der Waals surface area contributed by atoms with Crippen molar-refractivity contribution in [1.29, 1.82) is 0 Å². The number of nitrogens with zero attached hydrogens (tertiary/aromatic N) is 4. The molecule has 0 aliphatic rings. The molecular formula is C9H12N4O2S. The fourth-order valence-corrected chi connectivity index (χ4v) is 1.87. The summed E-state index contributed by atoms with van der Waals surface area (Å²) in [6.45, 7) is 3.91. The van der Waals surface area contributed by atoms with Gasteiger partial charge in [0.05, 0.1) is 11.6 Å². The fraction of sp³-hybridized carbons (Fsp3) is 0.444. The van der Waals surface area contributed by atoms with E-state index in [1.54, 1.807) is 10.9 Å². The van der Waals surface area contributed by atoms with Gasteiger partial charge < -0.3 is 0 Å². The Kier molecular flexibility index (Phi) is 2.42. The van der Waals surface area contributed by atoms with Crippen LogP contribution in [0.5, 0.6) is 0 Å². The third-order valence-corrected chi connectivity index (χ3v) is 2.99. The summed E-state index contributed by atoms with van der Waals surface area (Å²) in [5, 5.41) is 4.71. The monoisotopic (exact) mass is 240 g/mol. The Labute approximate surface area is 93.2 Å². The molecule has 0 atom stereocenters. The second-order valence-electron chi connectivity index (χ2n) is 3.89. The lowest BCUT2D eigenvalue weighted by atomic mass is 10.4. The Hall–Kier alpha value is -1.50. The van der Waals surface area contributed by atoms with Crippen molar-refractivity contribution in [1.82, 2.24) is 19.7 Å². The van der Waals surface area contributed by atoms with Crippen LogP contribution >= 0.6 is 0 Å². The quantitative estimate of drug-likeness (QED) is 0.726. The Bertz CT molecular complexity index is 630. The van der Waals surface area contributed by atoms with Gasteiger partial charge in [-0.15, -0.1) is 0 Å². The molecule has 16 heavy (non-hydrogen) atoms. The highest BCUT2D eigenvalue weighted by molar-refractivity contribution is 7.90. The molecule has 7 heteroatoms. The molecule has 86 valence electrons. The molecule has 0 saturated heterocycles. The van der Waals surface area contributed by atoms with Gasteiger partial charge in [-0.3, -0.25) is 0 Å². The largest absolute Gasteiger partial charge is 0.248 e. The predicted octanol–water partition coefficient (Wildman–Crippen LogP) is 0.811. The number of sulfone groups is 1. The predicted molar refractivity (Wildman–Crippen MR) is 58.8 cm³/mol. The second kappa shape index (κ2) is 3.51. The number of hydrogen-bond acceptors (Lipinski definition) is 5. The molecule has 2 aromatic rings. The van der Waals surface area contributed by atoms with Crippen LogP contribution in [0.1, 0.15) is 19.9 Å². The first-order valence-corrected chi connectivity index (χ1v) is 6.69. The molecule has 0 aliphatic carbocycles. The van der Waals surface area contributed by atoms with Crippen molar-refractivity contribution in [3.8, 4) is 0 Å². The molecule has 0 bridgehead atoms. The first-order valence-electron chi connectivity index (χ1n) is 4.80. The molecule has 0 fully saturated rings. The van der Waals surface area contributed by atoms with E-state index in [4.69, 9.17) is 0 Å². The van der Waals surface area contributed by atoms with Crippen LogP contribution in [0.3, 0.4) is 0 Å². The van der Waals surface area contributed by atoms with Gasteiger partial charge >= 0.3 is 0 Å². The van der Waals surface area contributed by atoms with Crippen LogP contribution in [0.2, 0.25) is 0 Å². The van der Waals surface area contributed by atoms with E-state index in [-0.39, 0.29) is 11.2 Å². The summed E-state index contributed by atoms with van der Waals surface area (Å²) in [4.78, 5) is 7.83. The molecule has 0 N–H and O–H groups in total. The molecule has 0 aromatic carbocycles. The minimum Gasteiger partial charge on any atom is -0.245 e. The molecule has 0 amide bonds. The summed E-state index contributed by atoms with van der Waals surface area (Å²) >= 11 is 0. The molecule has 0 unspecified atom stereocenters. The zero-order chi connectivity index (χ0) is 11.9. The van der Waals surface area contributed by atoms with Crippen molar-refractivity contribution in [2.24, 2.45) is 0 Å². The van der Waals surface area contributed by atoms with Crippen molar-refractivity contribution < 1.29 is 8.42 Å². The number of rotatable bonds is 2. The van der Waals surface area contributed by atoms with E-state index < -0.39 is 9.84 Å². The van der Waals surface area contributed by atoms with Crippen LogP contribution in [0.15, 0.2) is 17.6 Å². The Morgan fingerprint density at radius 1 is 1.31 bits per heavy atom. The molecule has 2 rings (SSSR count). The fourth-order valence-electron chi connectivity index (χ4n) is 1.38. The molecule has 2 aromatic heterocycles. The summed E-state index contributed by atoms with van der Waals surface area (Å²) in [5.41, 5.74) is 0.547. The Balaban J connectivity index is 2.73. The van der Waals surface area contributed by atoms with Gasteiger partial charge in [-0.05, 0) is 13.8 Å². The van der Waals surface area contributed by atoms with Gasteiger partial charge in [0.2, 0.25) is 15.0 Å². The zero-order valence-electron chi connectivity index (χ0n) is 9.25. The van der Waals surface area contributed by atoms with Crippen LogP contribution in [-0.2, 0) is 9.84 Å². The maximum Gasteiger partial charge on any atom is 0.248 e. The molecular weight excluding hydrogens is 228 g/mol. The molecule has 2 heterocycles. The average molecular weight is 240 g/mol. The van der Waals surface area contributed by atoms with E-state index in [9.17, 15) is 8.42 Å². The summed E-state index contributed by atoms with van der Waals surface area (Å²) < 4.78 is 24.3. The summed E-state index contributed by atoms with van der Waals surface area (Å²) in [7, 11) is -3.38. The van der Waals surface area contributed by atoms with Gasteiger partial charge in [0.25, 0.3) is 0 Å². The minimum absolute atomic E-state index is 0.125. The van der Waals surface area contributed by atoms with Crippen molar-refractivity contribution in [3.05, 3.63) is 12.4 Å². The highest BCUT2D eigenvalue weighted by Gasteiger charge is 2.14. The Morgan fingerprint density at radius 3 is 2.56 bits per heavy atom. The minimum atomic E-state index is -3.38. The van der Waals surface area contributed by atoms with Crippen molar-refractivity contribution in [3.63, 3.8) is 0 Å². The SMILES string of the molecule is CC(C)n1ncc2cnc(S(C)(=O)=O)nc21. The van der Waals surface area contributed by atoms with Crippen LogP contribution in [0, 0.1) is 0 Å². The zero-order valence-corrected chi connectivity index (χ0v) is 10.1. The van der Waals surface area contributed by atoms with E-state index in [1.165, 1.54) is 6.20 Å². The number of hydrogen-bond donors (Lipinski definition) is 0. The van der Waals surface area contributed by atoms with E-state index in [0.29, 0.717) is 5.65 Å². The molecule has 6 nitrogen and oxygen atoms in total. The topological polar surface area (TPSA) is 77.7 Å². The first kappa shape index (κ1) is 11.0. The van der Waals surface area contributed by atoms with Crippen LogP contribution < -0.4 is 0 Å². The van der Waals surface area contributed by atoms with Crippen molar-refractivity contribution in [2.75, 3.05) is 6.26 Å². The number of fused-ring (bicyclic) bond motifs is 1. The van der Waals surface area contributed by atoms with Gasteiger partial charge in [0.15, 0.2) is 5.65 Å². The Morgan fingerprint density at radius 2 is 2.00 bits per heavy atom. The third-order valence-electron chi connectivity index (χ3n) is 2.13. The smallest absolute Gasteiger partial charge is 0.245 e. The van der Waals surface area contributed by atoms with Crippen LogP contribution in [0.25, 0.3) is 11.0 Å². The lowest BCUT2D eigenvalue weighted by Crippen LogP contribution is -2.07. The first-order chi connectivity index (χ1) is 7.39. The maximum atomic E-state index is 11.3. The highest BCUT2D eigenvalue weighted by Crippen LogP contribution is 2.15. The van der Waals surface area contributed by atoms with E-state index in [1.807, 2.05) is 13.8 Å². The van der Waals surface area contributed by atoms with Crippen molar-refractivity contribution in [2.45, 2.75) is 25.0 Å².